The standard InChI is InChI=1S/C24H21FN2O5/c1-4-15(2)31-20-11-17(12-21(13-20)32-19-8-6-18(25)7-9-19)23(28)27-22-10-5-16(14-26-22)24(29)30-3/h4-15H,1H2,2-3H3,(H,26,27,28)/t15-/m0/s1. The van der Waals surface area contributed by atoms with Gasteiger partial charge in [0.05, 0.1) is 12.7 Å². The Morgan fingerprint density at radius 1 is 1.03 bits per heavy atom. The third kappa shape index (κ3) is 5.91. The zero-order valence-electron chi connectivity index (χ0n) is 17.5. The number of anilines is 1. The van der Waals surface area contributed by atoms with Crippen LogP contribution in [0.1, 0.15) is 27.6 Å². The number of rotatable bonds is 8. The Balaban J connectivity index is 1.84. The van der Waals surface area contributed by atoms with Crippen LogP contribution >= 0.6 is 0 Å². The van der Waals surface area contributed by atoms with E-state index in [-0.39, 0.29) is 28.9 Å². The molecule has 0 aliphatic rings. The Labute approximate surface area is 184 Å². The minimum Gasteiger partial charge on any atom is -0.487 e. The summed E-state index contributed by atoms with van der Waals surface area (Å²) < 4.78 is 29.3. The van der Waals surface area contributed by atoms with Crippen LogP contribution in [-0.4, -0.2) is 30.1 Å². The number of hydrogen-bond acceptors (Lipinski definition) is 6. The Bertz CT molecular complexity index is 1110. The highest BCUT2D eigenvalue weighted by Crippen LogP contribution is 2.29. The van der Waals surface area contributed by atoms with E-state index in [1.807, 2.05) is 0 Å². The molecule has 1 amide bonds. The number of carbonyl (C=O) groups is 2. The molecule has 7 nitrogen and oxygen atoms in total. The highest BCUT2D eigenvalue weighted by Gasteiger charge is 2.14. The quantitative estimate of drug-likeness (QED) is 0.395. The molecule has 3 aromatic rings. The van der Waals surface area contributed by atoms with Crippen molar-refractivity contribution >= 4 is 17.7 Å². The summed E-state index contributed by atoms with van der Waals surface area (Å²) in [7, 11) is 1.27. The molecular weight excluding hydrogens is 415 g/mol. The van der Waals surface area contributed by atoms with Crippen molar-refractivity contribution in [3.05, 3.63) is 90.4 Å². The number of esters is 1. The van der Waals surface area contributed by atoms with Gasteiger partial charge in [-0.05, 0) is 55.5 Å². The first-order valence-corrected chi connectivity index (χ1v) is 9.61. The predicted molar refractivity (Wildman–Crippen MR) is 117 cm³/mol. The largest absolute Gasteiger partial charge is 0.487 e. The normalized spacial score (nSPS) is 11.2. The number of ether oxygens (including phenoxy) is 3. The number of benzene rings is 2. The number of pyridine rings is 1. The highest BCUT2D eigenvalue weighted by molar-refractivity contribution is 6.04. The van der Waals surface area contributed by atoms with Crippen molar-refractivity contribution in [2.45, 2.75) is 13.0 Å². The summed E-state index contributed by atoms with van der Waals surface area (Å²) in [6, 6.07) is 13.2. The van der Waals surface area contributed by atoms with E-state index >= 15 is 0 Å². The number of nitrogens with zero attached hydrogens (tertiary/aromatic N) is 1. The molecule has 164 valence electrons. The molecule has 0 fully saturated rings. The maximum Gasteiger partial charge on any atom is 0.339 e. The van der Waals surface area contributed by atoms with Gasteiger partial charge < -0.3 is 19.5 Å². The smallest absolute Gasteiger partial charge is 0.339 e. The van der Waals surface area contributed by atoms with Crippen molar-refractivity contribution in [1.82, 2.24) is 4.98 Å². The fraction of sp³-hybridized carbons (Fsp3) is 0.125. The van der Waals surface area contributed by atoms with Crippen molar-refractivity contribution in [3.8, 4) is 17.2 Å². The molecule has 1 N–H and O–H groups in total. The van der Waals surface area contributed by atoms with Gasteiger partial charge >= 0.3 is 5.97 Å². The number of methoxy groups -OCH3 is 1. The molecule has 0 saturated heterocycles. The number of amides is 1. The molecule has 0 unspecified atom stereocenters. The van der Waals surface area contributed by atoms with Gasteiger partial charge in [0.1, 0.15) is 35.0 Å². The maximum absolute atomic E-state index is 13.2. The zero-order valence-corrected chi connectivity index (χ0v) is 17.5. The fourth-order valence-electron chi connectivity index (χ4n) is 2.63. The number of aromatic nitrogens is 1. The molecule has 8 heteroatoms. The molecule has 1 atom stereocenters. The average Bonchev–Trinajstić information content (AvgIpc) is 2.80. The number of carbonyl (C=O) groups excluding carboxylic acids is 2. The second-order valence-corrected chi connectivity index (χ2v) is 6.69. The Kier molecular flexibility index (Phi) is 7.17. The van der Waals surface area contributed by atoms with E-state index in [1.165, 1.54) is 55.8 Å². The van der Waals surface area contributed by atoms with Gasteiger partial charge in [-0.25, -0.2) is 14.2 Å². The van der Waals surface area contributed by atoms with E-state index in [0.29, 0.717) is 17.2 Å². The van der Waals surface area contributed by atoms with Gasteiger partial charge in [-0.15, -0.1) is 0 Å². The van der Waals surface area contributed by atoms with Crippen LogP contribution in [0, 0.1) is 5.82 Å². The van der Waals surface area contributed by atoms with Crippen molar-refractivity contribution in [3.63, 3.8) is 0 Å². The Hall–Kier alpha value is -4.20. The van der Waals surface area contributed by atoms with Crippen LogP contribution in [0.4, 0.5) is 10.2 Å². The SMILES string of the molecule is C=C[C@H](C)Oc1cc(Oc2ccc(F)cc2)cc(C(=O)Nc2ccc(C(=O)OC)cn2)c1. The van der Waals surface area contributed by atoms with Crippen LogP contribution in [0.2, 0.25) is 0 Å². The van der Waals surface area contributed by atoms with Crippen molar-refractivity contribution in [2.75, 3.05) is 12.4 Å². The molecule has 1 heterocycles. The van der Waals surface area contributed by atoms with Crippen LogP contribution in [0.25, 0.3) is 0 Å². The molecule has 2 aromatic carbocycles. The van der Waals surface area contributed by atoms with E-state index in [4.69, 9.17) is 9.47 Å². The number of halogens is 1. The lowest BCUT2D eigenvalue weighted by Gasteiger charge is -2.14. The minimum atomic E-state index is -0.529. The number of hydrogen-bond donors (Lipinski definition) is 1. The summed E-state index contributed by atoms with van der Waals surface area (Å²) in [4.78, 5) is 28.4. The monoisotopic (exact) mass is 436 g/mol. The molecule has 0 radical (unpaired) electrons. The first-order chi connectivity index (χ1) is 15.4. The van der Waals surface area contributed by atoms with Crippen molar-refractivity contribution in [1.29, 1.82) is 0 Å². The first kappa shape index (κ1) is 22.5. The van der Waals surface area contributed by atoms with E-state index in [2.05, 4.69) is 21.6 Å². The summed E-state index contributed by atoms with van der Waals surface area (Å²) in [5, 5.41) is 2.65. The van der Waals surface area contributed by atoms with E-state index in [9.17, 15) is 14.0 Å². The van der Waals surface area contributed by atoms with Crippen LogP contribution in [0.3, 0.4) is 0 Å². The Morgan fingerprint density at radius 2 is 1.75 bits per heavy atom. The molecule has 32 heavy (non-hydrogen) atoms. The molecule has 0 bridgehead atoms. The van der Waals surface area contributed by atoms with E-state index in [0.717, 1.165) is 0 Å². The van der Waals surface area contributed by atoms with E-state index in [1.54, 1.807) is 25.1 Å². The summed E-state index contributed by atoms with van der Waals surface area (Å²) in [6.07, 6.45) is 2.61. The first-order valence-electron chi connectivity index (χ1n) is 9.61. The number of nitrogens with one attached hydrogen (secondary N) is 1. The van der Waals surface area contributed by atoms with Gasteiger partial charge in [-0.3, -0.25) is 4.79 Å². The second-order valence-electron chi connectivity index (χ2n) is 6.69. The zero-order chi connectivity index (χ0) is 23.1. The maximum atomic E-state index is 13.2. The van der Waals surface area contributed by atoms with Crippen LogP contribution in [0.15, 0.2) is 73.4 Å². The summed E-state index contributed by atoms with van der Waals surface area (Å²) in [6.45, 7) is 5.48. The molecule has 0 aliphatic carbocycles. The Morgan fingerprint density at radius 3 is 2.38 bits per heavy atom. The molecule has 0 spiro atoms. The lowest BCUT2D eigenvalue weighted by atomic mass is 10.1. The van der Waals surface area contributed by atoms with E-state index < -0.39 is 11.9 Å². The highest BCUT2D eigenvalue weighted by atomic mass is 19.1. The van der Waals surface area contributed by atoms with Gasteiger partial charge in [-0.2, -0.15) is 0 Å². The van der Waals surface area contributed by atoms with Gasteiger partial charge in [0, 0.05) is 17.8 Å². The summed E-state index contributed by atoms with van der Waals surface area (Å²) in [5.41, 5.74) is 0.504. The van der Waals surface area contributed by atoms with Crippen LogP contribution in [-0.2, 0) is 4.74 Å². The predicted octanol–water partition coefficient (Wildman–Crippen LogP) is 5.01. The average molecular weight is 436 g/mol. The molecular formula is C24H21FN2O5. The van der Waals surface area contributed by atoms with Gasteiger partial charge in [0.2, 0.25) is 0 Å². The van der Waals surface area contributed by atoms with Crippen LogP contribution in [0.5, 0.6) is 17.2 Å². The lowest BCUT2D eigenvalue weighted by Crippen LogP contribution is -2.14. The third-order valence-electron chi connectivity index (χ3n) is 4.27. The topological polar surface area (TPSA) is 86.8 Å². The van der Waals surface area contributed by atoms with Gasteiger partial charge in [0.25, 0.3) is 5.91 Å². The third-order valence-corrected chi connectivity index (χ3v) is 4.27. The molecule has 0 aliphatic heterocycles. The van der Waals surface area contributed by atoms with Crippen LogP contribution < -0.4 is 14.8 Å². The second kappa shape index (κ2) is 10.2. The van der Waals surface area contributed by atoms with Gasteiger partial charge in [0.15, 0.2) is 0 Å². The summed E-state index contributed by atoms with van der Waals surface area (Å²) >= 11 is 0. The fourth-order valence-corrected chi connectivity index (χ4v) is 2.63. The summed E-state index contributed by atoms with van der Waals surface area (Å²) in [5.74, 6) is -0.0370. The van der Waals surface area contributed by atoms with Crippen molar-refractivity contribution < 1.29 is 28.2 Å². The lowest BCUT2D eigenvalue weighted by molar-refractivity contribution is 0.0600. The van der Waals surface area contributed by atoms with Crippen molar-refractivity contribution in [2.24, 2.45) is 0 Å². The molecule has 3 rings (SSSR count). The minimum absolute atomic E-state index is 0.245. The van der Waals surface area contributed by atoms with Gasteiger partial charge in [-0.1, -0.05) is 12.7 Å². The molecule has 1 aromatic heterocycles. The molecule has 0 saturated carbocycles.